The molecule has 1 N–H and O–H groups in total. The van der Waals surface area contributed by atoms with E-state index in [1.54, 1.807) is 10.6 Å². The van der Waals surface area contributed by atoms with Gasteiger partial charge in [-0.25, -0.2) is 9.37 Å². The number of hydrogen-bond acceptors (Lipinski definition) is 3. The number of nitrogens with zero attached hydrogens (tertiary/aromatic N) is 3. The van der Waals surface area contributed by atoms with E-state index in [1.807, 2.05) is 24.4 Å². The zero-order valence-corrected chi connectivity index (χ0v) is 9.36. The summed E-state index contributed by atoms with van der Waals surface area (Å²) < 4.78 is 14.8. The van der Waals surface area contributed by atoms with Gasteiger partial charge in [-0.2, -0.15) is 0 Å². The Morgan fingerprint density at radius 2 is 2.17 bits per heavy atom. The number of pyridine rings is 2. The summed E-state index contributed by atoms with van der Waals surface area (Å²) in [5.41, 5.74) is 1.59. The third kappa shape index (κ3) is 1.84. The lowest BCUT2D eigenvalue weighted by molar-refractivity contribution is 0.215. The summed E-state index contributed by atoms with van der Waals surface area (Å²) in [7, 11) is 0. The van der Waals surface area contributed by atoms with Crippen LogP contribution in [-0.4, -0.2) is 19.5 Å². The molecule has 0 bridgehead atoms. The zero-order valence-electron chi connectivity index (χ0n) is 9.36. The van der Waals surface area contributed by atoms with E-state index in [4.69, 9.17) is 0 Å². The van der Waals surface area contributed by atoms with E-state index in [2.05, 4.69) is 9.97 Å². The first-order chi connectivity index (χ1) is 8.74. The molecule has 4 nitrogen and oxygen atoms in total. The fourth-order valence-corrected chi connectivity index (χ4v) is 1.83. The lowest BCUT2D eigenvalue weighted by Crippen LogP contribution is -2.01. The molecule has 1 atom stereocenters. The number of halogens is 1. The standard InChI is InChI=1S/C13H10FN3O/c14-10-5-9(6-15-7-10)13(18)11-8-17-4-2-1-3-12(17)16-11/h1-8,13,18H. The maximum absolute atomic E-state index is 13.0. The monoisotopic (exact) mass is 243 g/mol. The molecule has 0 aliphatic carbocycles. The highest BCUT2D eigenvalue weighted by Crippen LogP contribution is 2.21. The molecule has 0 fully saturated rings. The topological polar surface area (TPSA) is 50.4 Å². The van der Waals surface area contributed by atoms with Gasteiger partial charge in [0.2, 0.25) is 0 Å². The highest BCUT2D eigenvalue weighted by Gasteiger charge is 2.15. The first-order valence-electron chi connectivity index (χ1n) is 5.46. The predicted molar refractivity (Wildman–Crippen MR) is 63.4 cm³/mol. The number of aliphatic hydroxyl groups is 1. The Kier molecular flexibility index (Phi) is 2.53. The van der Waals surface area contributed by atoms with Crippen LogP contribution in [0.15, 0.2) is 49.1 Å². The van der Waals surface area contributed by atoms with Gasteiger partial charge in [-0.05, 0) is 18.2 Å². The Balaban J connectivity index is 2.03. The lowest BCUT2D eigenvalue weighted by atomic mass is 10.1. The molecule has 3 heterocycles. The average molecular weight is 243 g/mol. The van der Waals surface area contributed by atoms with Crippen molar-refractivity contribution < 1.29 is 9.50 Å². The fourth-order valence-electron chi connectivity index (χ4n) is 1.83. The SMILES string of the molecule is OC(c1cncc(F)c1)c1cn2ccccc2n1. The molecule has 0 saturated heterocycles. The van der Waals surface area contributed by atoms with Crippen LogP contribution in [0.1, 0.15) is 17.4 Å². The van der Waals surface area contributed by atoms with Crippen LogP contribution in [0.5, 0.6) is 0 Å². The maximum atomic E-state index is 13.0. The summed E-state index contributed by atoms with van der Waals surface area (Å²) >= 11 is 0. The number of hydrogen-bond donors (Lipinski definition) is 1. The molecule has 0 aliphatic rings. The lowest BCUT2D eigenvalue weighted by Gasteiger charge is -2.06. The van der Waals surface area contributed by atoms with Gasteiger partial charge in [0.15, 0.2) is 0 Å². The Hall–Kier alpha value is -2.27. The van der Waals surface area contributed by atoms with Crippen LogP contribution in [0.2, 0.25) is 0 Å². The second kappa shape index (κ2) is 4.19. The third-order valence-electron chi connectivity index (χ3n) is 2.70. The highest BCUT2D eigenvalue weighted by molar-refractivity contribution is 5.41. The number of imidazole rings is 1. The minimum absolute atomic E-state index is 0.387. The van der Waals surface area contributed by atoms with Gasteiger partial charge in [-0.15, -0.1) is 0 Å². The molecule has 3 aromatic rings. The number of aliphatic hydroxyl groups excluding tert-OH is 1. The molecular formula is C13H10FN3O. The van der Waals surface area contributed by atoms with Crippen molar-refractivity contribution in [2.75, 3.05) is 0 Å². The largest absolute Gasteiger partial charge is 0.382 e. The molecule has 0 radical (unpaired) electrons. The molecule has 3 aromatic heterocycles. The van der Waals surface area contributed by atoms with Gasteiger partial charge in [0.05, 0.1) is 11.9 Å². The molecule has 0 aliphatic heterocycles. The Labute approximate surface area is 102 Å². The van der Waals surface area contributed by atoms with E-state index in [9.17, 15) is 9.50 Å². The van der Waals surface area contributed by atoms with Gasteiger partial charge in [-0.1, -0.05) is 6.07 Å². The van der Waals surface area contributed by atoms with Crippen LogP contribution < -0.4 is 0 Å². The molecule has 3 rings (SSSR count). The van der Waals surface area contributed by atoms with E-state index >= 15 is 0 Å². The molecule has 1 unspecified atom stereocenters. The van der Waals surface area contributed by atoms with Crippen molar-refractivity contribution in [1.29, 1.82) is 0 Å². The molecule has 18 heavy (non-hydrogen) atoms. The summed E-state index contributed by atoms with van der Waals surface area (Å²) in [6.07, 6.45) is 5.10. The molecule has 90 valence electrons. The van der Waals surface area contributed by atoms with Gasteiger partial charge in [0, 0.05) is 24.2 Å². The van der Waals surface area contributed by atoms with E-state index in [0.29, 0.717) is 11.3 Å². The van der Waals surface area contributed by atoms with Crippen molar-refractivity contribution in [3.05, 3.63) is 66.1 Å². The van der Waals surface area contributed by atoms with E-state index in [1.165, 1.54) is 12.3 Å². The van der Waals surface area contributed by atoms with Crippen molar-refractivity contribution in [2.24, 2.45) is 0 Å². The normalized spacial score (nSPS) is 12.8. The van der Waals surface area contributed by atoms with Gasteiger partial charge in [-0.3, -0.25) is 4.98 Å². The first-order valence-corrected chi connectivity index (χ1v) is 5.46. The van der Waals surface area contributed by atoms with Crippen LogP contribution in [-0.2, 0) is 0 Å². The van der Waals surface area contributed by atoms with E-state index < -0.39 is 11.9 Å². The van der Waals surface area contributed by atoms with Crippen LogP contribution in [0.4, 0.5) is 4.39 Å². The molecule has 0 saturated carbocycles. The molecule has 5 heteroatoms. The minimum Gasteiger partial charge on any atom is -0.382 e. The Morgan fingerprint density at radius 3 is 2.94 bits per heavy atom. The van der Waals surface area contributed by atoms with Crippen LogP contribution >= 0.6 is 0 Å². The van der Waals surface area contributed by atoms with Crippen LogP contribution in [0.3, 0.4) is 0 Å². The van der Waals surface area contributed by atoms with Gasteiger partial charge >= 0.3 is 0 Å². The quantitative estimate of drug-likeness (QED) is 0.748. The Bertz CT molecular complexity index is 662. The number of fused-ring (bicyclic) bond motifs is 1. The van der Waals surface area contributed by atoms with Gasteiger partial charge < -0.3 is 9.51 Å². The minimum atomic E-state index is -0.979. The maximum Gasteiger partial charge on any atom is 0.141 e. The van der Waals surface area contributed by atoms with Gasteiger partial charge in [0.25, 0.3) is 0 Å². The highest BCUT2D eigenvalue weighted by atomic mass is 19.1. The summed E-state index contributed by atoms with van der Waals surface area (Å²) in [5.74, 6) is -0.477. The van der Waals surface area contributed by atoms with E-state index in [0.717, 1.165) is 11.8 Å². The summed E-state index contributed by atoms with van der Waals surface area (Å²) in [6, 6.07) is 6.82. The molecular weight excluding hydrogens is 233 g/mol. The summed E-state index contributed by atoms with van der Waals surface area (Å²) in [5, 5.41) is 10.1. The van der Waals surface area contributed by atoms with Crippen LogP contribution in [0.25, 0.3) is 5.65 Å². The number of rotatable bonds is 2. The van der Waals surface area contributed by atoms with Gasteiger partial charge in [0.1, 0.15) is 17.6 Å². The molecule has 0 spiro atoms. The predicted octanol–water partition coefficient (Wildman–Crippen LogP) is 1.95. The fraction of sp³-hybridized carbons (Fsp3) is 0.0769. The molecule has 0 amide bonds. The van der Waals surface area contributed by atoms with Crippen LogP contribution in [0, 0.1) is 5.82 Å². The van der Waals surface area contributed by atoms with Crippen molar-refractivity contribution in [3.63, 3.8) is 0 Å². The second-order valence-electron chi connectivity index (χ2n) is 3.97. The zero-order chi connectivity index (χ0) is 12.5. The average Bonchev–Trinajstić information content (AvgIpc) is 2.81. The number of aromatic nitrogens is 3. The van der Waals surface area contributed by atoms with Crippen molar-refractivity contribution in [3.8, 4) is 0 Å². The third-order valence-corrected chi connectivity index (χ3v) is 2.70. The van der Waals surface area contributed by atoms with Crippen molar-refractivity contribution in [2.45, 2.75) is 6.10 Å². The van der Waals surface area contributed by atoms with Crippen molar-refractivity contribution in [1.82, 2.24) is 14.4 Å². The summed E-state index contributed by atoms with van der Waals surface area (Å²) in [4.78, 5) is 8.00. The Morgan fingerprint density at radius 1 is 1.28 bits per heavy atom. The summed E-state index contributed by atoms with van der Waals surface area (Å²) in [6.45, 7) is 0. The molecule has 0 aromatic carbocycles. The van der Waals surface area contributed by atoms with E-state index in [-0.39, 0.29) is 0 Å². The second-order valence-corrected chi connectivity index (χ2v) is 3.97. The first kappa shape index (κ1) is 10.9. The van der Waals surface area contributed by atoms with Crippen molar-refractivity contribution >= 4 is 5.65 Å². The smallest absolute Gasteiger partial charge is 0.141 e.